The molecule has 1 aromatic rings. The van der Waals surface area contributed by atoms with Crippen molar-refractivity contribution in [2.75, 3.05) is 26.3 Å². The summed E-state index contributed by atoms with van der Waals surface area (Å²) in [6.07, 6.45) is 4.79. The number of nitrogens with two attached hydrogens (primary N) is 1. The number of ether oxygens (including phenoxy) is 1. The largest absolute Gasteiger partial charge is 0.379 e. The topological polar surface area (TPSA) is 56.3 Å². The van der Waals surface area contributed by atoms with Crippen molar-refractivity contribution in [1.29, 1.82) is 0 Å². The second-order valence-electron chi connectivity index (χ2n) is 5.59. The highest BCUT2D eigenvalue weighted by molar-refractivity contribution is 5.09. The van der Waals surface area contributed by atoms with Crippen LogP contribution >= 0.6 is 0 Å². The molecule has 102 valence electrons. The van der Waals surface area contributed by atoms with Gasteiger partial charge in [0.25, 0.3) is 0 Å². The first kappa shape index (κ1) is 13.5. The van der Waals surface area contributed by atoms with Crippen LogP contribution in [0.4, 0.5) is 0 Å². The predicted octanol–water partition coefficient (Wildman–Crippen LogP) is 0.401. The minimum Gasteiger partial charge on any atom is -0.379 e. The number of hydrogen-bond acceptors (Lipinski definition) is 4. The Kier molecular flexibility index (Phi) is 4.04. The maximum atomic E-state index is 6.40. The van der Waals surface area contributed by atoms with Gasteiger partial charge in [-0.1, -0.05) is 0 Å². The number of nitrogens with zero attached hydrogens (tertiary/aromatic N) is 3. The fraction of sp³-hybridized carbons (Fsp3) is 0.769. The quantitative estimate of drug-likeness (QED) is 0.843. The molecular formula is C13H24N4O. The molecule has 18 heavy (non-hydrogen) atoms. The number of hydrogen-bond donors (Lipinski definition) is 1. The summed E-state index contributed by atoms with van der Waals surface area (Å²) in [6.45, 7) is 7.99. The third-order valence-corrected chi connectivity index (χ3v) is 3.95. The third kappa shape index (κ3) is 2.91. The maximum Gasteiger partial charge on any atom is 0.0594 e. The van der Waals surface area contributed by atoms with Gasteiger partial charge in [-0.05, 0) is 25.8 Å². The van der Waals surface area contributed by atoms with E-state index in [1.165, 1.54) is 5.56 Å². The molecule has 1 unspecified atom stereocenters. The minimum atomic E-state index is -0.0143. The number of morpholine rings is 1. The van der Waals surface area contributed by atoms with Crippen molar-refractivity contribution in [3.05, 3.63) is 18.0 Å². The van der Waals surface area contributed by atoms with Crippen molar-refractivity contribution in [1.82, 2.24) is 14.7 Å². The summed E-state index contributed by atoms with van der Waals surface area (Å²) in [6, 6.07) is 0.0970. The van der Waals surface area contributed by atoms with Crippen molar-refractivity contribution in [3.8, 4) is 0 Å². The monoisotopic (exact) mass is 252 g/mol. The van der Waals surface area contributed by atoms with Gasteiger partial charge in [0.15, 0.2) is 0 Å². The van der Waals surface area contributed by atoms with Crippen molar-refractivity contribution < 1.29 is 4.74 Å². The predicted molar refractivity (Wildman–Crippen MR) is 71.4 cm³/mol. The zero-order valence-corrected chi connectivity index (χ0v) is 11.6. The Bertz CT molecular complexity index is 382. The van der Waals surface area contributed by atoms with Gasteiger partial charge in [-0.3, -0.25) is 9.58 Å². The summed E-state index contributed by atoms with van der Waals surface area (Å²) in [4.78, 5) is 2.43. The Hall–Kier alpha value is -0.910. The van der Waals surface area contributed by atoms with Crippen LogP contribution in [0.1, 0.15) is 19.4 Å². The van der Waals surface area contributed by atoms with Crippen molar-refractivity contribution in [2.45, 2.75) is 31.8 Å². The molecule has 2 rings (SSSR count). The van der Waals surface area contributed by atoms with Crippen LogP contribution in [0.15, 0.2) is 12.4 Å². The maximum absolute atomic E-state index is 6.40. The molecule has 0 amide bonds. The molecule has 5 heteroatoms. The summed E-state index contributed by atoms with van der Waals surface area (Å²) in [5, 5.41) is 4.19. The van der Waals surface area contributed by atoms with Gasteiger partial charge in [0, 0.05) is 37.9 Å². The first-order valence-corrected chi connectivity index (χ1v) is 6.56. The molecule has 0 bridgehead atoms. The lowest BCUT2D eigenvalue weighted by Gasteiger charge is -2.44. The average Bonchev–Trinajstić information content (AvgIpc) is 2.76. The van der Waals surface area contributed by atoms with E-state index < -0.39 is 0 Å². The summed E-state index contributed by atoms with van der Waals surface area (Å²) < 4.78 is 7.22. The Balaban J connectivity index is 1.99. The SMILES string of the molecule is Cn1cc(CC(N)C(C)(C)N2CCOCC2)cn1. The van der Waals surface area contributed by atoms with Crippen LogP contribution in [0, 0.1) is 0 Å². The first-order chi connectivity index (χ1) is 8.50. The van der Waals surface area contributed by atoms with E-state index in [9.17, 15) is 0 Å². The van der Waals surface area contributed by atoms with Gasteiger partial charge in [-0.15, -0.1) is 0 Å². The fourth-order valence-electron chi connectivity index (χ4n) is 2.46. The fourth-order valence-corrected chi connectivity index (χ4v) is 2.46. The van der Waals surface area contributed by atoms with Crippen LogP contribution in [0.5, 0.6) is 0 Å². The molecule has 1 aliphatic rings. The lowest BCUT2D eigenvalue weighted by Crippen LogP contribution is -2.59. The van der Waals surface area contributed by atoms with E-state index in [2.05, 4.69) is 23.8 Å². The second kappa shape index (κ2) is 5.38. The molecule has 2 heterocycles. The van der Waals surface area contributed by atoms with Crippen LogP contribution in [0.25, 0.3) is 0 Å². The lowest BCUT2D eigenvalue weighted by molar-refractivity contribution is -0.0186. The Morgan fingerprint density at radius 2 is 2.11 bits per heavy atom. The Morgan fingerprint density at radius 3 is 2.67 bits per heavy atom. The first-order valence-electron chi connectivity index (χ1n) is 6.56. The zero-order chi connectivity index (χ0) is 13.2. The van der Waals surface area contributed by atoms with E-state index in [0.717, 1.165) is 32.7 Å². The van der Waals surface area contributed by atoms with Crippen LogP contribution in [-0.2, 0) is 18.2 Å². The van der Waals surface area contributed by atoms with E-state index in [1.54, 1.807) is 0 Å². The highest BCUT2D eigenvalue weighted by Gasteiger charge is 2.34. The van der Waals surface area contributed by atoms with E-state index in [1.807, 2.05) is 24.1 Å². The molecule has 1 fully saturated rings. The molecule has 0 saturated carbocycles. The molecule has 1 aromatic heterocycles. The van der Waals surface area contributed by atoms with Crippen LogP contribution in [-0.4, -0.2) is 52.6 Å². The summed E-state index contributed by atoms with van der Waals surface area (Å²) in [7, 11) is 1.93. The number of aromatic nitrogens is 2. The second-order valence-corrected chi connectivity index (χ2v) is 5.59. The molecule has 1 atom stereocenters. The van der Waals surface area contributed by atoms with Crippen LogP contribution < -0.4 is 5.73 Å². The van der Waals surface area contributed by atoms with Gasteiger partial charge in [-0.25, -0.2) is 0 Å². The van der Waals surface area contributed by atoms with E-state index in [-0.39, 0.29) is 11.6 Å². The summed E-state index contributed by atoms with van der Waals surface area (Å²) >= 11 is 0. The normalized spacial score (nSPS) is 20.0. The van der Waals surface area contributed by atoms with E-state index >= 15 is 0 Å². The molecule has 1 aliphatic heterocycles. The lowest BCUT2D eigenvalue weighted by atomic mass is 9.88. The van der Waals surface area contributed by atoms with Crippen LogP contribution in [0.3, 0.4) is 0 Å². The van der Waals surface area contributed by atoms with Crippen molar-refractivity contribution >= 4 is 0 Å². The van der Waals surface area contributed by atoms with E-state index in [4.69, 9.17) is 10.5 Å². The standard InChI is InChI=1S/C13H24N4O/c1-13(2,17-4-6-18-7-5-17)12(14)8-11-9-15-16(3)10-11/h9-10,12H,4-8,14H2,1-3H3. The van der Waals surface area contributed by atoms with Crippen molar-refractivity contribution in [3.63, 3.8) is 0 Å². The third-order valence-electron chi connectivity index (χ3n) is 3.95. The molecular weight excluding hydrogens is 228 g/mol. The molecule has 0 aromatic carbocycles. The Labute approximate surface area is 109 Å². The van der Waals surface area contributed by atoms with Gasteiger partial charge in [0.2, 0.25) is 0 Å². The molecule has 0 spiro atoms. The molecule has 2 N–H and O–H groups in total. The Morgan fingerprint density at radius 1 is 1.44 bits per heavy atom. The summed E-state index contributed by atoms with van der Waals surface area (Å²) in [5.74, 6) is 0. The highest BCUT2D eigenvalue weighted by atomic mass is 16.5. The molecule has 0 aliphatic carbocycles. The summed E-state index contributed by atoms with van der Waals surface area (Å²) in [5.41, 5.74) is 7.59. The number of rotatable bonds is 4. The van der Waals surface area contributed by atoms with Gasteiger partial charge in [0.1, 0.15) is 0 Å². The van der Waals surface area contributed by atoms with Gasteiger partial charge < -0.3 is 10.5 Å². The molecule has 5 nitrogen and oxygen atoms in total. The average molecular weight is 252 g/mol. The van der Waals surface area contributed by atoms with E-state index in [0.29, 0.717) is 0 Å². The van der Waals surface area contributed by atoms with Gasteiger partial charge in [-0.2, -0.15) is 5.10 Å². The zero-order valence-electron chi connectivity index (χ0n) is 11.6. The smallest absolute Gasteiger partial charge is 0.0594 e. The van der Waals surface area contributed by atoms with Crippen LogP contribution in [0.2, 0.25) is 0 Å². The molecule has 1 saturated heterocycles. The number of aryl methyl sites for hydroxylation is 1. The van der Waals surface area contributed by atoms with Gasteiger partial charge >= 0.3 is 0 Å². The molecule has 0 radical (unpaired) electrons. The van der Waals surface area contributed by atoms with Crippen molar-refractivity contribution in [2.24, 2.45) is 12.8 Å². The highest BCUT2D eigenvalue weighted by Crippen LogP contribution is 2.21. The minimum absolute atomic E-state index is 0.0143. The van der Waals surface area contributed by atoms with Gasteiger partial charge in [0.05, 0.1) is 19.4 Å².